The first kappa shape index (κ1) is 21.4. The summed E-state index contributed by atoms with van der Waals surface area (Å²) in [5, 5.41) is 3.75. The molecule has 1 unspecified atom stereocenters. The van der Waals surface area contributed by atoms with Crippen molar-refractivity contribution in [1.29, 1.82) is 0 Å². The Hall–Kier alpha value is -1.33. The van der Waals surface area contributed by atoms with E-state index < -0.39 is 0 Å². The third-order valence-electron chi connectivity index (χ3n) is 6.48. The molecular weight excluding hydrogens is 374 g/mol. The number of nitrogens with zero attached hydrogens (tertiary/aromatic N) is 2. The van der Waals surface area contributed by atoms with E-state index in [1.165, 1.54) is 43.2 Å². The molecule has 1 N–H and O–H groups in total. The Bertz CT molecular complexity index is 701. The molecule has 2 heterocycles. The molecular formula is C22H34ClN3O2. The van der Waals surface area contributed by atoms with Crippen LogP contribution in [0.25, 0.3) is 0 Å². The molecule has 2 fully saturated rings. The molecule has 1 aromatic heterocycles. The molecule has 0 spiro atoms. The summed E-state index contributed by atoms with van der Waals surface area (Å²) in [5.74, 6) is 1.17. The Morgan fingerprint density at radius 3 is 2.61 bits per heavy atom. The van der Waals surface area contributed by atoms with Crippen molar-refractivity contribution in [1.82, 2.24) is 9.88 Å². The predicted molar refractivity (Wildman–Crippen MR) is 115 cm³/mol. The summed E-state index contributed by atoms with van der Waals surface area (Å²) in [6.07, 6.45) is 11.2. The lowest BCUT2D eigenvalue weighted by Crippen LogP contribution is -2.41. The van der Waals surface area contributed by atoms with Gasteiger partial charge in [-0.2, -0.15) is 0 Å². The van der Waals surface area contributed by atoms with Crippen LogP contribution < -0.4 is 5.32 Å². The normalized spacial score (nSPS) is 24.1. The van der Waals surface area contributed by atoms with Crippen molar-refractivity contribution < 1.29 is 9.53 Å². The van der Waals surface area contributed by atoms with E-state index in [1.807, 2.05) is 11.1 Å². The third-order valence-corrected chi connectivity index (χ3v) is 6.48. The van der Waals surface area contributed by atoms with Crippen LogP contribution in [-0.4, -0.2) is 48.1 Å². The number of amides is 1. The number of anilines is 1. The van der Waals surface area contributed by atoms with Crippen LogP contribution in [0.15, 0.2) is 6.20 Å². The first-order chi connectivity index (χ1) is 13.0. The number of pyridine rings is 1. The van der Waals surface area contributed by atoms with E-state index >= 15 is 0 Å². The zero-order valence-corrected chi connectivity index (χ0v) is 18.1. The van der Waals surface area contributed by atoms with E-state index in [2.05, 4.69) is 19.2 Å². The lowest BCUT2D eigenvalue weighted by atomic mass is 9.75. The molecule has 156 valence electrons. The summed E-state index contributed by atoms with van der Waals surface area (Å²) in [5.41, 5.74) is 3.76. The van der Waals surface area contributed by atoms with E-state index in [1.54, 1.807) is 0 Å². The lowest BCUT2D eigenvalue weighted by molar-refractivity contribution is 0.0301. The van der Waals surface area contributed by atoms with Crippen molar-refractivity contribution in [2.45, 2.75) is 71.3 Å². The maximum absolute atomic E-state index is 13.1. The van der Waals surface area contributed by atoms with Crippen LogP contribution in [0.4, 0.5) is 5.82 Å². The van der Waals surface area contributed by atoms with E-state index in [-0.39, 0.29) is 18.3 Å². The number of hydrogen-bond acceptors (Lipinski definition) is 4. The van der Waals surface area contributed by atoms with Gasteiger partial charge in [-0.05, 0) is 61.5 Å². The number of nitrogens with one attached hydrogen (secondary N) is 1. The Balaban J connectivity index is 0.00000225. The van der Waals surface area contributed by atoms with Gasteiger partial charge in [0.1, 0.15) is 5.82 Å². The quantitative estimate of drug-likeness (QED) is 0.814. The number of carbonyl (C=O) groups is 1. The van der Waals surface area contributed by atoms with Gasteiger partial charge in [-0.25, -0.2) is 4.98 Å². The molecule has 5 nitrogen and oxygen atoms in total. The van der Waals surface area contributed by atoms with Crippen LogP contribution in [0.3, 0.4) is 0 Å². The molecule has 0 bridgehead atoms. The maximum Gasteiger partial charge on any atom is 0.255 e. The molecule has 0 aromatic carbocycles. The molecule has 3 aliphatic rings. The molecule has 4 rings (SSSR count). The van der Waals surface area contributed by atoms with Gasteiger partial charge in [-0.1, -0.05) is 20.3 Å². The molecule has 2 aliphatic carbocycles. The Morgan fingerprint density at radius 2 is 1.89 bits per heavy atom. The second-order valence-electron chi connectivity index (χ2n) is 9.19. The van der Waals surface area contributed by atoms with Crippen molar-refractivity contribution in [3.8, 4) is 0 Å². The summed E-state index contributed by atoms with van der Waals surface area (Å²) in [6.45, 7) is 7.38. The van der Waals surface area contributed by atoms with Crippen LogP contribution in [0.2, 0.25) is 0 Å². The van der Waals surface area contributed by atoms with Gasteiger partial charge in [0.05, 0.1) is 18.8 Å². The molecule has 1 atom stereocenters. The van der Waals surface area contributed by atoms with Gasteiger partial charge in [-0.3, -0.25) is 4.79 Å². The summed E-state index contributed by atoms with van der Waals surface area (Å²) >= 11 is 0. The van der Waals surface area contributed by atoms with Crippen molar-refractivity contribution in [2.75, 3.05) is 31.6 Å². The second-order valence-corrected chi connectivity index (χ2v) is 9.19. The number of rotatable bonds is 3. The minimum atomic E-state index is 0. The second kappa shape index (κ2) is 9.00. The van der Waals surface area contributed by atoms with Gasteiger partial charge >= 0.3 is 0 Å². The fourth-order valence-corrected chi connectivity index (χ4v) is 5.01. The van der Waals surface area contributed by atoms with E-state index in [9.17, 15) is 4.79 Å². The van der Waals surface area contributed by atoms with Crippen LogP contribution in [0.5, 0.6) is 0 Å². The number of ether oxygens (including phenoxy) is 1. The first-order valence-electron chi connectivity index (χ1n) is 10.7. The number of aromatic nitrogens is 1. The van der Waals surface area contributed by atoms with Crippen molar-refractivity contribution in [3.63, 3.8) is 0 Å². The summed E-state index contributed by atoms with van der Waals surface area (Å²) in [6, 6.07) is 0.494. The van der Waals surface area contributed by atoms with Crippen LogP contribution >= 0.6 is 12.4 Å². The van der Waals surface area contributed by atoms with Gasteiger partial charge in [0.15, 0.2) is 0 Å². The maximum atomic E-state index is 13.1. The fourth-order valence-electron chi connectivity index (χ4n) is 5.01. The average Bonchev–Trinajstić information content (AvgIpc) is 2.68. The summed E-state index contributed by atoms with van der Waals surface area (Å²) in [4.78, 5) is 19.8. The Labute approximate surface area is 175 Å². The lowest BCUT2D eigenvalue weighted by Gasteiger charge is -2.36. The molecule has 1 aromatic rings. The van der Waals surface area contributed by atoms with Crippen LogP contribution in [-0.2, 0) is 17.6 Å². The molecule has 1 aliphatic heterocycles. The van der Waals surface area contributed by atoms with Crippen molar-refractivity contribution in [3.05, 3.63) is 22.9 Å². The zero-order chi connectivity index (χ0) is 18.9. The van der Waals surface area contributed by atoms with E-state index in [0.29, 0.717) is 37.8 Å². The van der Waals surface area contributed by atoms with Crippen LogP contribution in [0.1, 0.15) is 73.9 Å². The van der Waals surface area contributed by atoms with E-state index in [4.69, 9.17) is 9.72 Å². The minimum absolute atomic E-state index is 0. The zero-order valence-electron chi connectivity index (χ0n) is 17.3. The number of morpholine rings is 1. The molecule has 1 saturated heterocycles. The molecule has 0 radical (unpaired) electrons. The smallest absolute Gasteiger partial charge is 0.255 e. The topological polar surface area (TPSA) is 54.5 Å². The largest absolute Gasteiger partial charge is 0.378 e. The van der Waals surface area contributed by atoms with Gasteiger partial charge in [0.25, 0.3) is 5.91 Å². The Morgan fingerprint density at radius 1 is 1.18 bits per heavy atom. The van der Waals surface area contributed by atoms with Crippen molar-refractivity contribution in [2.24, 2.45) is 5.41 Å². The molecule has 1 saturated carbocycles. The van der Waals surface area contributed by atoms with Gasteiger partial charge in [0.2, 0.25) is 0 Å². The monoisotopic (exact) mass is 407 g/mol. The highest BCUT2D eigenvalue weighted by molar-refractivity contribution is 5.96. The fraction of sp³-hybridized carbons (Fsp3) is 0.727. The van der Waals surface area contributed by atoms with Gasteiger partial charge in [-0.15, -0.1) is 12.4 Å². The molecule has 28 heavy (non-hydrogen) atoms. The number of fused-ring (bicyclic) bond motifs is 1. The summed E-state index contributed by atoms with van der Waals surface area (Å²) in [7, 11) is 0. The average molecular weight is 408 g/mol. The standard InChI is InChI=1S/C22H33N3O2.ClH/c1-22(2)9-5-6-16(14-22)24-20-18-8-4-3-7-17(18)19(15-23-20)21(26)25-10-12-27-13-11-25;/h15-16H,3-14H2,1-2H3,(H,23,24);1H. The van der Waals surface area contributed by atoms with Crippen molar-refractivity contribution >= 4 is 24.1 Å². The highest BCUT2D eigenvalue weighted by Gasteiger charge is 2.30. The molecule has 6 heteroatoms. The van der Waals surface area contributed by atoms with E-state index in [0.717, 1.165) is 30.6 Å². The highest BCUT2D eigenvalue weighted by atomic mass is 35.5. The Kier molecular flexibility index (Phi) is 6.87. The summed E-state index contributed by atoms with van der Waals surface area (Å²) < 4.78 is 5.40. The van der Waals surface area contributed by atoms with Crippen LogP contribution in [0, 0.1) is 5.41 Å². The SMILES string of the molecule is CC1(C)CCCC(Nc2ncc(C(=O)N3CCOCC3)c3c2CCCC3)C1.Cl. The van der Waals surface area contributed by atoms with Gasteiger partial charge in [0, 0.05) is 25.3 Å². The minimum Gasteiger partial charge on any atom is -0.378 e. The van der Waals surface area contributed by atoms with Gasteiger partial charge < -0.3 is 15.0 Å². The number of carbonyl (C=O) groups excluding carboxylic acids is 1. The number of halogens is 1. The number of hydrogen-bond donors (Lipinski definition) is 1. The highest BCUT2D eigenvalue weighted by Crippen LogP contribution is 2.37. The third kappa shape index (κ3) is 4.62. The first-order valence-corrected chi connectivity index (χ1v) is 10.7. The molecule has 1 amide bonds. The predicted octanol–water partition coefficient (Wildman–Crippen LogP) is 4.24.